The van der Waals surface area contributed by atoms with Crippen LogP contribution in [-0.2, 0) is 19.1 Å². The molecule has 0 unspecified atom stereocenters. The van der Waals surface area contributed by atoms with Crippen molar-refractivity contribution in [1.82, 2.24) is 0 Å². The fraction of sp³-hybridized carbons (Fsp3) is 0.235. The van der Waals surface area contributed by atoms with E-state index in [1.165, 1.54) is 19.1 Å². The Morgan fingerprint density at radius 3 is 2.29 bits per heavy atom. The number of hydrogen-bond donors (Lipinski definition) is 0. The van der Waals surface area contributed by atoms with E-state index in [0.717, 1.165) is 16.7 Å². The first-order chi connectivity index (χ1) is 9.86. The number of ether oxygens (including phenoxy) is 1. The SMILES string of the molecule is CC1=CC(=O)[C@@H](C(=O)/C=C/c2cc(C)cc(C)c2)C(=O)O1. The van der Waals surface area contributed by atoms with Gasteiger partial charge < -0.3 is 4.74 Å². The van der Waals surface area contributed by atoms with E-state index in [2.05, 4.69) is 0 Å². The molecule has 0 aromatic heterocycles. The van der Waals surface area contributed by atoms with Gasteiger partial charge in [0.2, 0.25) is 0 Å². The van der Waals surface area contributed by atoms with Crippen LogP contribution in [0.1, 0.15) is 23.6 Å². The molecule has 0 aliphatic carbocycles. The van der Waals surface area contributed by atoms with Gasteiger partial charge in [-0.05, 0) is 32.4 Å². The van der Waals surface area contributed by atoms with E-state index in [9.17, 15) is 14.4 Å². The molecule has 1 aromatic carbocycles. The zero-order valence-electron chi connectivity index (χ0n) is 12.2. The summed E-state index contributed by atoms with van der Waals surface area (Å²) in [5.41, 5.74) is 3.01. The first-order valence-electron chi connectivity index (χ1n) is 6.61. The lowest BCUT2D eigenvalue weighted by molar-refractivity contribution is -0.151. The molecule has 1 aliphatic rings. The van der Waals surface area contributed by atoms with Gasteiger partial charge in [-0.25, -0.2) is 0 Å². The largest absolute Gasteiger partial charge is 0.430 e. The highest BCUT2D eigenvalue weighted by Gasteiger charge is 2.36. The van der Waals surface area contributed by atoms with E-state index >= 15 is 0 Å². The van der Waals surface area contributed by atoms with Gasteiger partial charge in [-0.3, -0.25) is 14.4 Å². The Kier molecular flexibility index (Phi) is 4.17. The number of cyclic esters (lactones) is 1. The summed E-state index contributed by atoms with van der Waals surface area (Å²) in [5.74, 6) is -3.06. The van der Waals surface area contributed by atoms with Gasteiger partial charge in [-0.2, -0.15) is 0 Å². The van der Waals surface area contributed by atoms with Crippen LogP contribution in [0.3, 0.4) is 0 Å². The molecule has 1 aliphatic heterocycles. The summed E-state index contributed by atoms with van der Waals surface area (Å²) in [5, 5.41) is 0. The predicted octanol–water partition coefficient (Wildman–Crippen LogP) is 2.53. The van der Waals surface area contributed by atoms with Crippen LogP contribution in [0.2, 0.25) is 0 Å². The maximum Gasteiger partial charge on any atom is 0.329 e. The summed E-state index contributed by atoms with van der Waals surface area (Å²) in [4.78, 5) is 35.4. The standard InChI is InChI=1S/C17H16O4/c1-10-6-11(2)8-13(7-10)4-5-14(18)16-15(19)9-12(3)21-17(16)20/h4-9,16H,1-3H3/b5-4+/t16-/m1/s1. The Hall–Kier alpha value is -2.49. The molecular weight excluding hydrogens is 268 g/mol. The molecule has 0 saturated carbocycles. The van der Waals surface area contributed by atoms with Crippen LogP contribution in [0.5, 0.6) is 0 Å². The van der Waals surface area contributed by atoms with Gasteiger partial charge in [0.1, 0.15) is 5.76 Å². The van der Waals surface area contributed by atoms with Crippen molar-refractivity contribution in [2.24, 2.45) is 5.92 Å². The summed E-state index contributed by atoms with van der Waals surface area (Å²) < 4.78 is 4.83. The van der Waals surface area contributed by atoms with Crippen molar-refractivity contribution in [3.63, 3.8) is 0 Å². The minimum absolute atomic E-state index is 0.215. The van der Waals surface area contributed by atoms with Crippen molar-refractivity contribution in [2.75, 3.05) is 0 Å². The van der Waals surface area contributed by atoms with Crippen LogP contribution >= 0.6 is 0 Å². The Balaban J connectivity index is 2.19. The van der Waals surface area contributed by atoms with E-state index in [-0.39, 0.29) is 5.76 Å². The highest BCUT2D eigenvalue weighted by Crippen LogP contribution is 2.17. The van der Waals surface area contributed by atoms with Crippen LogP contribution in [0, 0.1) is 19.8 Å². The Morgan fingerprint density at radius 1 is 1.10 bits per heavy atom. The molecule has 0 amide bonds. The maximum absolute atomic E-state index is 12.0. The molecule has 0 fully saturated rings. The molecule has 108 valence electrons. The third-order valence-electron chi connectivity index (χ3n) is 3.10. The minimum Gasteiger partial charge on any atom is -0.430 e. The smallest absolute Gasteiger partial charge is 0.329 e. The van der Waals surface area contributed by atoms with Gasteiger partial charge in [0.25, 0.3) is 0 Å². The van der Waals surface area contributed by atoms with Crippen LogP contribution < -0.4 is 0 Å². The molecule has 1 atom stereocenters. The number of hydrogen-bond acceptors (Lipinski definition) is 4. The second-order valence-corrected chi connectivity index (χ2v) is 5.17. The molecular formula is C17H16O4. The number of benzene rings is 1. The Morgan fingerprint density at radius 2 is 1.71 bits per heavy atom. The number of allylic oxidation sites excluding steroid dienone is 3. The van der Waals surface area contributed by atoms with Crippen molar-refractivity contribution >= 4 is 23.6 Å². The maximum atomic E-state index is 12.0. The summed E-state index contributed by atoms with van der Waals surface area (Å²) in [7, 11) is 0. The van der Waals surface area contributed by atoms with E-state index < -0.39 is 23.5 Å². The summed E-state index contributed by atoms with van der Waals surface area (Å²) in [6, 6.07) is 5.86. The van der Waals surface area contributed by atoms with Gasteiger partial charge in [-0.15, -0.1) is 0 Å². The fourth-order valence-corrected chi connectivity index (χ4v) is 2.28. The number of esters is 1. The molecule has 0 N–H and O–H groups in total. The van der Waals surface area contributed by atoms with Crippen LogP contribution in [0.4, 0.5) is 0 Å². The number of carbonyl (C=O) groups excluding carboxylic acids is 3. The van der Waals surface area contributed by atoms with E-state index in [1.54, 1.807) is 6.08 Å². The molecule has 21 heavy (non-hydrogen) atoms. The zero-order chi connectivity index (χ0) is 15.6. The van der Waals surface area contributed by atoms with E-state index in [1.807, 2.05) is 32.0 Å². The van der Waals surface area contributed by atoms with Crippen LogP contribution in [0.15, 0.2) is 36.1 Å². The average Bonchev–Trinajstić information content (AvgIpc) is 2.34. The highest BCUT2D eigenvalue weighted by atomic mass is 16.5. The number of carbonyl (C=O) groups is 3. The molecule has 0 saturated heterocycles. The van der Waals surface area contributed by atoms with Gasteiger partial charge in [0.05, 0.1) is 0 Å². The summed E-state index contributed by atoms with van der Waals surface area (Å²) >= 11 is 0. The molecule has 0 bridgehead atoms. The van der Waals surface area contributed by atoms with Gasteiger partial charge >= 0.3 is 5.97 Å². The van der Waals surface area contributed by atoms with Gasteiger partial charge in [-0.1, -0.05) is 35.4 Å². The van der Waals surface area contributed by atoms with Gasteiger partial charge in [0, 0.05) is 6.08 Å². The van der Waals surface area contributed by atoms with Crippen molar-refractivity contribution in [2.45, 2.75) is 20.8 Å². The lowest BCUT2D eigenvalue weighted by atomic mass is 9.95. The number of ketones is 2. The lowest BCUT2D eigenvalue weighted by Crippen LogP contribution is -2.34. The Labute approximate surface area is 123 Å². The number of rotatable bonds is 3. The van der Waals surface area contributed by atoms with E-state index in [0.29, 0.717) is 0 Å². The van der Waals surface area contributed by atoms with E-state index in [4.69, 9.17) is 4.74 Å². The van der Waals surface area contributed by atoms with Crippen molar-refractivity contribution in [3.8, 4) is 0 Å². The first-order valence-corrected chi connectivity index (χ1v) is 6.61. The molecule has 1 heterocycles. The average molecular weight is 284 g/mol. The third-order valence-corrected chi connectivity index (χ3v) is 3.10. The van der Waals surface area contributed by atoms with Crippen molar-refractivity contribution < 1.29 is 19.1 Å². The predicted molar refractivity (Wildman–Crippen MR) is 78.3 cm³/mol. The van der Waals surface area contributed by atoms with Crippen LogP contribution in [0.25, 0.3) is 6.08 Å². The molecule has 1 aromatic rings. The molecule has 4 nitrogen and oxygen atoms in total. The molecule has 2 rings (SSSR count). The molecule has 0 spiro atoms. The first kappa shape index (κ1) is 14.9. The van der Waals surface area contributed by atoms with Crippen molar-refractivity contribution in [1.29, 1.82) is 0 Å². The van der Waals surface area contributed by atoms with Crippen LogP contribution in [-0.4, -0.2) is 17.5 Å². The molecule has 0 radical (unpaired) electrons. The second-order valence-electron chi connectivity index (χ2n) is 5.17. The fourth-order valence-electron chi connectivity index (χ4n) is 2.28. The number of aryl methyl sites for hydroxylation is 2. The normalized spacial score (nSPS) is 18.6. The van der Waals surface area contributed by atoms with Gasteiger partial charge in [0.15, 0.2) is 17.5 Å². The minimum atomic E-state index is -1.38. The quantitative estimate of drug-likeness (QED) is 0.486. The monoisotopic (exact) mass is 284 g/mol. The summed E-state index contributed by atoms with van der Waals surface area (Å²) in [6.07, 6.45) is 4.04. The summed E-state index contributed by atoms with van der Waals surface area (Å²) in [6.45, 7) is 5.42. The molecule has 4 heteroatoms. The second kappa shape index (κ2) is 5.87. The lowest BCUT2D eigenvalue weighted by Gasteiger charge is -2.15. The third kappa shape index (κ3) is 3.54. The highest BCUT2D eigenvalue weighted by molar-refractivity contribution is 6.25. The van der Waals surface area contributed by atoms with Crippen molar-refractivity contribution in [3.05, 3.63) is 52.8 Å². The Bertz CT molecular complexity index is 660. The zero-order valence-corrected chi connectivity index (χ0v) is 12.2. The topological polar surface area (TPSA) is 60.4 Å².